The van der Waals surface area contributed by atoms with Crippen LogP contribution in [0.5, 0.6) is 0 Å². The molecule has 0 aliphatic rings. The number of aliphatic hydroxyl groups excluding tert-OH is 1. The Balaban J connectivity index is 2.24. The quantitative estimate of drug-likeness (QED) is 0.685. The van der Waals surface area contributed by atoms with Crippen LogP contribution in [0.1, 0.15) is 23.1 Å². The number of aliphatic hydroxyl groups is 1. The van der Waals surface area contributed by atoms with E-state index in [-0.39, 0.29) is 12.2 Å². The zero-order valence-corrected chi connectivity index (χ0v) is 12.7. The van der Waals surface area contributed by atoms with Crippen molar-refractivity contribution in [2.24, 2.45) is 0 Å². The summed E-state index contributed by atoms with van der Waals surface area (Å²) < 4.78 is 2.40. The molecular formula is C13H14BrN3O3. The Labute approximate surface area is 124 Å². The van der Waals surface area contributed by atoms with Crippen LogP contribution >= 0.6 is 15.9 Å². The van der Waals surface area contributed by atoms with Gasteiger partial charge >= 0.3 is 5.69 Å². The van der Waals surface area contributed by atoms with Crippen molar-refractivity contribution < 1.29 is 10.0 Å². The molecule has 1 atom stereocenters. The highest BCUT2D eigenvalue weighted by Crippen LogP contribution is 2.24. The summed E-state index contributed by atoms with van der Waals surface area (Å²) in [6, 6.07) is 7.27. The second-order valence-corrected chi connectivity index (χ2v) is 5.44. The van der Waals surface area contributed by atoms with Crippen LogP contribution in [0.3, 0.4) is 0 Å². The van der Waals surface area contributed by atoms with E-state index in [4.69, 9.17) is 0 Å². The third kappa shape index (κ3) is 2.88. The Morgan fingerprint density at radius 3 is 2.50 bits per heavy atom. The maximum absolute atomic E-state index is 10.9. The zero-order chi connectivity index (χ0) is 14.9. The van der Waals surface area contributed by atoms with Gasteiger partial charge in [-0.1, -0.05) is 28.1 Å². The summed E-state index contributed by atoms with van der Waals surface area (Å²) >= 11 is 3.33. The first-order valence-electron chi connectivity index (χ1n) is 6.02. The largest absolute Gasteiger partial charge is 0.386 e. The van der Waals surface area contributed by atoms with E-state index < -0.39 is 11.0 Å². The van der Waals surface area contributed by atoms with Crippen LogP contribution in [0.15, 0.2) is 28.7 Å². The lowest BCUT2D eigenvalue weighted by Crippen LogP contribution is -2.11. The molecule has 0 bridgehead atoms. The highest BCUT2D eigenvalue weighted by atomic mass is 79.9. The summed E-state index contributed by atoms with van der Waals surface area (Å²) in [4.78, 5) is 10.5. The summed E-state index contributed by atoms with van der Waals surface area (Å²) in [5.74, 6) is 0. The van der Waals surface area contributed by atoms with Crippen molar-refractivity contribution in [3.05, 3.63) is 55.8 Å². The average molecular weight is 340 g/mol. The fraction of sp³-hybridized carbons (Fsp3) is 0.308. The standard InChI is InChI=1S/C13H14BrN3O3/c1-8-13(17(19)20)9(2)16(15-8)7-12(18)10-3-5-11(14)6-4-10/h3-6,12,18H,7H2,1-2H3. The average Bonchev–Trinajstić information content (AvgIpc) is 2.65. The highest BCUT2D eigenvalue weighted by Gasteiger charge is 2.23. The number of benzene rings is 1. The van der Waals surface area contributed by atoms with Crippen molar-refractivity contribution >= 4 is 21.6 Å². The van der Waals surface area contributed by atoms with Gasteiger partial charge in [-0.05, 0) is 31.5 Å². The summed E-state index contributed by atoms with van der Waals surface area (Å²) in [5.41, 5.74) is 1.55. The molecule has 20 heavy (non-hydrogen) atoms. The summed E-state index contributed by atoms with van der Waals surface area (Å²) in [5, 5.41) is 25.2. The molecule has 0 aliphatic heterocycles. The van der Waals surface area contributed by atoms with Crippen LogP contribution in [0.4, 0.5) is 5.69 Å². The van der Waals surface area contributed by atoms with Gasteiger partial charge < -0.3 is 5.11 Å². The minimum Gasteiger partial charge on any atom is -0.386 e. The first kappa shape index (κ1) is 14.7. The van der Waals surface area contributed by atoms with Crippen molar-refractivity contribution in [2.75, 3.05) is 0 Å². The molecule has 0 radical (unpaired) electrons. The summed E-state index contributed by atoms with van der Waals surface area (Å²) in [6.07, 6.45) is -0.763. The number of nitrogens with zero attached hydrogens (tertiary/aromatic N) is 3. The lowest BCUT2D eigenvalue weighted by atomic mass is 10.1. The Hall–Kier alpha value is -1.73. The first-order chi connectivity index (χ1) is 9.40. The number of aryl methyl sites for hydroxylation is 1. The van der Waals surface area contributed by atoms with Gasteiger partial charge in [0.05, 0.1) is 17.6 Å². The molecule has 0 spiro atoms. The molecule has 1 unspecified atom stereocenters. The van der Waals surface area contributed by atoms with Crippen molar-refractivity contribution in [1.82, 2.24) is 9.78 Å². The SMILES string of the molecule is Cc1nn(CC(O)c2ccc(Br)cc2)c(C)c1[N+](=O)[O-]. The molecule has 1 heterocycles. The maximum Gasteiger partial charge on any atom is 0.312 e. The minimum atomic E-state index is -0.763. The Bertz CT molecular complexity index is 637. The van der Waals surface area contributed by atoms with Crippen LogP contribution in [-0.4, -0.2) is 19.8 Å². The molecule has 7 heteroatoms. The molecule has 2 rings (SSSR count). The molecule has 2 aromatic rings. The normalized spacial score (nSPS) is 12.4. The molecule has 106 valence electrons. The van der Waals surface area contributed by atoms with E-state index in [1.807, 2.05) is 12.1 Å². The molecule has 1 N–H and O–H groups in total. The zero-order valence-electron chi connectivity index (χ0n) is 11.1. The smallest absolute Gasteiger partial charge is 0.312 e. The Kier molecular flexibility index (Phi) is 4.20. The molecular weight excluding hydrogens is 326 g/mol. The third-order valence-corrected chi connectivity index (χ3v) is 3.66. The second-order valence-electron chi connectivity index (χ2n) is 4.53. The number of rotatable bonds is 4. The highest BCUT2D eigenvalue weighted by molar-refractivity contribution is 9.10. The monoisotopic (exact) mass is 339 g/mol. The van der Waals surface area contributed by atoms with Gasteiger partial charge in [-0.25, -0.2) is 0 Å². The van der Waals surface area contributed by atoms with Gasteiger partial charge in [-0.15, -0.1) is 0 Å². The number of hydrogen-bond acceptors (Lipinski definition) is 4. The summed E-state index contributed by atoms with van der Waals surface area (Å²) in [7, 11) is 0. The topological polar surface area (TPSA) is 81.2 Å². The van der Waals surface area contributed by atoms with Gasteiger partial charge in [0.15, 0.2) is 0 Å². The molecule has 0 saturated heterocycles. The number of halogens is 1. The van der Waals surface area contributed by atoms with Crippen LogP contribution in [-0.2, 0) is 6.54 Å². The number of aromatic nitrogens is 2. The predicted octanol–water partition coefficient (Wildman–Crippen LogP) is 2.90. The molecule has 1 aromatic carbocycles. The molecule has 0 saturated carbocycles. The predicted molar refractivity (Wildman–Crippen MR) is 77.5 cm³/mol. The van der Waals surface area contributed by atoms with Gasteiger partial charge in [0.25, 0.3) is 0 Å². The van der Waals surface area contributed by atoms with Crippen LogP contribution in [0.25, 0.3) is 0 Å². The fourth-order valence-electron chi connectivity index (χ4n) is 2.08. The maximum atomic E-state index is 10.9. The van der Waals surface area contributed by atoms with E-state index in [2.05, 4.69) is 21.0 Å². The van der Waals surface area contributed by atoms with Crippen molar-refractivity contribution in [3.8, 4) is 0 Å². The van der Waals surface area contributed by atoms with E-state index in [1.54, 1.807) is 26.0 Å². The number of hydrogen-bond donors (Lipinski definition) is 1. The van der Waals surface area contributed by atoms with Gasteiger partial charge in [0.1, 0.15) is 11.4 Å². The molecule has 1 aromatic heterocycles. The summed E-state index contributed by atoms with van der Waals surface area (Å²) in [6.45, 7) is 3.40. The fourth-order valence-corrected chi connectivity index (χ4v) is 2.35. The minimum absolute atomic E-state index is 0.00741. The van der Waals surface area contributed by atoms with E-state index in [0.717, 1.165) is 10.0 Å². The lowest BCUT2D eigenvalue weighted by molar-refractivity contribution is -0.386. The lowest BCUT2D eigenvalue weighted by Gasteiger charge is -2.12. The molecule has 0 fully saturated rings. The van der Waals surface area contributed by atoms with E-state index in [9.17, 15) is 15.2 Å². The van der Waals surface area contributed by atoms with Gasteiger partial charge in [0, 0.05) is 4.47 Å². The molecule has 0 amide bonds. The van der Waals surface area contributed by atoms with Gasteiger partial charge in [-0.3, -0.25) is 14.8 Å². The van der Waals surface area contributed by atoms with Crippen molar-refractivity contribution in [1.29, 1.82) is 0 Å². The van der Waals surface area contributed by atoms with Crippen molar-refractivity contribution in [2.45, 2.75) is 26.5 Å². The Morgan fingerprint density at radius 2 is 2.00 bits per heavy atom. The van der Waals surface area contributed by atoms with Crippen LogP contribution in [0.2, 0.25) is 0 Å². The van der Waals surface area contributed by atoms with Crippen molar-refractivity contribution in [3.63, 3.8) is 0 Å². The second kappa shape index (κ2) is 5.72. The van der Waals surface area contributed by atoms with E-state index >= 15 is 0 Å². The number of nitro groups is 1. The van der Waals surface area contributed by atoms with Gasteiger partial charge in [-0.2, -0.15) is 5.10 Å². The van der Waals surface area contributed by atoms with E-state index in [0.29, 0.717) is 11.4 Å². The molecule has 0 aliphatic carbocycles. The molecule has 6 nitrogen and oxygen atoms in total. The van der Waals surface area contributed by atoms with Gasteiger partial charge in [0.2, 0.25) is 0 Å². The first-order valence-corrected chi connectivity index (χ1v) is 6.81. The van der Waals surface area contributed by atoms with Crippen LogP contribution < -0.4 is 0 Å². The third-order valence-electron chi connectivity index (χ3n) is 3.13. The van der Waals surface area contributed by atoms with E-state index in [1.165, 1.54) is 4.68 Å². The van der Waals surface area contributed by atoms with Crippen LogP contribution in [0, 0.1) is 24.0 Å². The Morgan fingerprint density at radius 1 is 1.40 bits per heavy atom.